The number of nitrogens with zero attached hydrogens (tertiary/aromatic N) is 7. The van der Waals surface area contributed by atoms with Crippen LogP contribution in [0.2, 0.25) is 0 Å². The fraction of sp³-hybridized carbons (Fsp3) is 0.286. The van der Waals surface area contributed by atoms with Gasteiger partial charge in [-0.15, -0.1) is 25.5 Å². The summed E-state index contributed by atoms with van der Waals surface area (Å²) in [6, 6.07) is 6.25. The number of aromatic nitrogens is 6. The maximum Gasteiger partial charge on any atom is 1.00 e. The van der Waals surface area contributed by atoms with Crippen molar-refractivity contribution in [3.8, 4) is 11.3 Å². The molecule has 0 bridgehead atoms. The first kappa shape index (κ1) is 31.7. The predicted octanol–water partition coefficient (Wildman–Crippen LogP) is -5.58. The summed E-state index contributed by atoms with van der Waals surface area (Å²) in [7, 11) is 0. The molecule has 0 aliphatic heterocycles. The third-order valence-electron chi connectivity index (χ3n) is 5.06. The molecule has 0 saturated heterocycles. The molecule has 3 heterocycles. The normalized spacial score (nSPS) is 11.6. The second-order valence-corrected chi connectivity index (χ2v) is 8.91. The van der Waals surface area contributed by atoms with Crippen molar-refractivity contribution in [1.82, 2.24) is 35.3 Å². The Labute approximate surface area is 263 Å². The van der Waals surface area contributed by atoms with Gasteiger partial charge in [-0.2, -0.15) is 4.63 Å². The van der Waals surface area contributed by atoms with Crippen molar-refractivity contribution >= 4 is 45.6 Å². The van der Waals surface area contributed by atoms with E-state index in [1.807, 2.05) is 0 Å². The Morgan fingerprint density at radius 2 is 1.87 bits per heavy atom. The van der Waals surface area contributed by atoms with Crippen LogP contribution in [0.15, 0.2) is 34.5 Å². The van der Waals surface area contributed by atoms with Gasteiger partial charge >= 0.3 is 59.1 Å². The smallest absolute Gasteiger partial charge is 0.550 e. The molecule has 4 aromatic rings. The Morgan fingerprint density at radius 3 is 2.53 bits per heavy atom. The van der Waals surface area contributed by atoms with Crippen molar-refractivity contribution in [3.05, 3.63) is 40.7 Å². The summed E-state index contributed by atoms with van der Waals surface area (Å²) in [5.74, 6) is -3.06. The summed E-state index contributed by atoms with van der Waals surface area (Å²) in [4.78, 5) is 38.6. The van der Waals surface area contributed by atoms with Crippen LogP contribution < -0.4 is 74.6 Å². The molecule has 1 unspecified atom stereocenters. The molecule has 0 aliphatic carbocycles. The quantitative estimate of drug-likeness (QED) is 0.141. The number of hydrogen-bond acceptors (Lipinski definition) is 12. The average Bonchev–Trinajstić information content (AvgIpc) is 3.54. The molecule has 4 rings (SSSR count). The molecular formula is C21H19N9Na2O5S. The molecule has 1 aromatic carbocycles. The second kappa shape index (κ2) is 14.0. The maximum absolute atomic E-state index is 11.8. The number of carbonyl (C=O) groups is 3. The van der Waals surface area contributed by atoms with Crippen molar-refractivity contribution in [2.75, 3.05) is 6.54 Å². The molecule has 0 aliphatic rings. The number of carboxylic acids is 2. The van der Waals surface area contributed by atoms with Gasteiger partial charge in [0.2, 0.25) is 11.6 Å². The summed E-state index contributed by atoms with van der Waals surface area (Å²) in [6.07, 6.45) is -0.562. The van der Waals surface area contributed by atoms with Crippen LogP contribution in [0.1, 0.15) is 46.9 Å². The van der Waals surface area contributed by atoms with Gasteiger partial charge in [0, 0.05) is 36.0 Å². The summed E-state index contributed by atoms with van der Waals surface area (Å²) >= 11 is 1.23. The largest absolute Gasteiger partial charge is 1.00 e. The van der Waals surface area contributed by atoms with Gasteiger partial charge in [0.05, 0.1) is 11.7 Å². The van der Waals surface area contributed by atoms with E-state index in [9.17, 15) is 24.6 Å². The van der Waals surface area contributed by atoms with E-state index in [0.29, 0.717) is 27.2 Å². The van der Waals surface area contributed by atoms with Gasteiger partial charge in [-0.05, 0) is 13.3 Å². The van der Waals surface area contributed by atoms with Crippen LogP contribution >= 0.6 is 11.3 Å². The number of H-pyrrole nitrogens is 1. The Balaban J connectivity index is 0.00000253. The molecule has 3 aromatic heterocycles. The maximum atomic E-state index is 11.8. The van der Waals surface area contributed by atoms with Gasteiger partial charge in [0.1, 0.15) is 5.01 Å². The van der Waals surface area contributed by atoms with Crippen LogP contribution in [-0.2, 0) is 9.59 Å². The number of rotatable bonds is 10. The van der Waals surface area contributed by atoms with Crippen molar-refractivity contribution < 1.29 is 83.7 Å². The number of nitrogens with one attached hydrogen (secondary N) is 2. The van der Waals surface area contributed by atoms with Crippen LogP contribution in [0, 0.1) is 6.92 Å². The molecule has 0 saturated carbocycles. The second-order valence-electron chi connectivity index (χ2n) is 7.75. The fourth-order valence-electron chi connectivity index (χ4n) is 3.28. The zero-order valence-electron chi connectivity index (χ0n) is 21.1. The first-order valence-corrected chi connectivity index (χ1v) is 11.5. The summed E-state index contributed by atoms with van der Waals surface area (Å²) in [5.41, 5.74) is 1.05. The summed E-state index contributed by atoms with van der Waals surface area (Å²) < 4.78 is 1.34. The number of fused-ring (bicyclic) bond motifs is 1. The zero-order valence-corrected chi connectivity index (χ0v) is 25.9. The molecule has 0 fully saturated rings. The number of amides is 1. The van der Waals surface area contributed by atoms with E-state index in [2.05, 4.69) is 40.9 Å². The number of hydrogen-bond donors (Lipinski definition) is 2. The third kappa shape index (κ3) is 7.53. The average molecular weight is 555 g/mol. The molecule has 38 heavy (non-hydrogen) atoms. The molecule has 0 radical (unpaired) electrons. The molecule has 14 nitrogen and oxygen atoms in total. The minimum Gasteiger partial charge on any atom is -0.550 e. The van der Waals surface area contributed by atoms with E-state index in [4.69, 9.17) is 0 Å². The number of azo groups is 1. The van der Waals surface area contributed by atoms with Crippen molar-refractivity contribution in [1.29, 1.82) is 0 Å². The van der Waals surface area contributed by atoms with Gasteiger partial charge in [0.25, 0.3) is 5.13 Å². The number of aliphatic carboxylic acids is 1. The van der Waals surface area contributed by atoms with Gasteiger partial charge in [-0.25, -0.2) is 4.98 Å². The Bertz CT molecular complexity index is 1480. The van der Waals surface area contributed by atoms with Crippen LogP contribution in [0.25, 0.3) is 16.9 Å². The number of aromatic amines is 1. The standard InChI is InChI=1S/C21H21N9O5S.2Na/c1-10(9-22-14(31)7-8-15(32)33)18-23-19-17(25-27-21-26-24-11(2)36-21)16(28-30(19)29-18)12-5-3-4-6-13(12)20(34)35;;/h3-6,10,28H,7-9H2,1-2H3,(H,22,31)(H,32,33)(H,34,35);;/q;2*+1/p-2. The molecule has 1 amide bonds. The Kier molecular flexibility index (Phi) is 11.7. The molecule has 0 spiro atoms. The Morgan fingerprint density at radius 1 is 1.13 bits per heavy atom. The van der Waals surface area contributed by atoms with Gasteiger partial charge in [0.15, 0.2) is 11.5 Å². The molecular weight excluding hydrogens is 536 g/mol. The fourth-order valence-corrected chi connectivity index (χ4v) is 3.79. The van der Waals surface area contributed by atoms with Crippen molar-refractivity contribution in [2.24, 2.45) is 10.2 Å². The van der Waals surface area contributed by atoms with Crippen LogP contribution in [0.3, 0.4) is 0 Å². The summed E-state index contributed by atoms with van der Waals surface area (Å²) in [5, 5.41) is 49.5. The molecule has 2 N–H and O–H groups in total. The first-order valence-electron chi connectivity index (χ1n) is 10.7. The van der Waals surface area contributed by atoms with Gasteiger partial charge in [-0.3, -0.25) is 9.89 Å². The molecule has 1 atom stereocenters. The zero-order chi connectivity index (χ0) is 25.8. The van der Waals surface area contributed by atoms with Crippen LogP contribution in [0.4, 0.5) is 10.8 Å². The number of carbonyl (C=O) groups excluding carboxylic acids is 3. The predicted molar refractivity (Wildman–Crippen MR) is 122 cm³/mol. The molecule has 186 valence electrons. The van der Waals surface area contributed by atoms with Crippen molar-refractivity contribution in [2.45, 2.75) is 32.6 Å². The van der Waals surface area contributed by atoms with E-state index in [-0.39, 0.29) is 101 Å². The number of aryl methyl sites for hydroxylation is 1. The molecule has 17 heteroatoms. The first-order chi connectivity index (χ1) is 17.2. The van der Waals surface area contributed by atoms with Crippen LogP contribution in [0.5, 0.6) is 0 Å². The Hall–Kier alpha value is -2.53. The number of benzene rings is 1. The van der Waals surface area contributed by atoms with Gasteiger partial charge < -0.3 is 25.1 Å². The number of aromatic carboxylic acids is 1. The van der Waals surface area contributed by atoms with E-state index < -0.39 is 17.8 Å². The topological polar surface area (TPSA) is 206 Å². The van der Waals surface area contributed by atoms with E-state index in [1.165, 1.54) is 22.0 Å². The minimum atomic E-state index is -1.36. The van der Waals surface area contributed by atoms with E-state index in [1.54, 1.807) is 32.0 Å². The minimum absolute atomic E-state index is 0. The number of carboxylic acid groups (broad SMARTS) is 2. The third-order valence-corrected chi connectivity index (χ3v) is 5.78. The SMILES string of the molecule is Cc1nnc(N=Nc2c(-c3ccccc3C(=O)[O-])[nH]n3nc(C(C)CNC(=O)CCC(=O)[O-])nc23)s1.[Na+].[Na+]. The van der Waals surface area contributed by atoms with Crippen LogP contribution in [-0.4, -0.2) is 54.4 Å². The van der Waals surface area contributed by atoms with Gasteiger partial charge in [-0.1, -0.05) is 42.5 Å². The monoisotopic (exact) mass is 555 g/mol. The van der Waals surface area contributed by atoms with E-state index >= 15 is 0 Å². The van der Waals surface area contributed by atoms with Crippen molar-refractivity contribution in [3.63, 3.8) is 0 Å². The summed E-state index contributed by atoms with van der Waals surface area (Å²) in [6.45, 7) is 3.72. The van der Waals surface area contributed by atoms with E-state index in [0.717, 1.165) is 0 Å².